The van der Waals surface area contributed by atoms with Crippen molar-refractivity contribution in [2.45, 2.75) is 64.2 Å². The molecule has 0 aliphatic rings. The predicted molar refractivity (Wildman–Crippen MR) is 137 cm³/mol. The lowest BCUT2D eigenvalue weighted by Gasteiger charge is -2.21. The monoisotopic (exact) mass is 447 g/mol. The van der Waals surface area contributed by atoms with Crippen molar-refractivity contribution in [3.8, 4) is 0 Å². The van der Waals surface area contributed by atoms with Crippen LogP contribution in [-0.4, -0.2) is 14.6 Å². The van der Waals surface area contributed by atoms with Crippen LogP contribution < -0.4 is 0 Å². The van der Waals surface area contributed by atoms with Crippen molar-refractivity contribution in [3.63, 3.8) is 0 Å². The number of fused-ring (bicyclic) bond motifs is 1. The molecule has 0 radical (unpaired) electrons. The molecule has 0 spiro atoms. The van der Waals surface area contributed by atoms with E-state index in [0.29, 0.717) is 10.8 Å². The molecule has 0 fully saturated rings. The molecule has 0 saturated carbocycles. The predicted octanol–water partition coefficient (Wildman–Crippen LogP) is 7.68. The molecule has 0 atom stereocenters. The molecule has 0 aliphatic heterocycles. The SMILES string of the molecule is CC(C)c1cc(C(C)C)c(S(=O)(=O)/N=C/C=C/c2ccc3ccccc3c2)c(C(C)C)c1. The molecule has 3 rings (SSSR count). The van der Waals surface area contributed by atoms with E-state index in [1.807, 2.05) is 64.1 Å². The van der Waals surface area contributed by atoms with Crippen LogP contribution in [0.25, 0.3) is 16.8 Å². The second kappa shape index (κ2) is 9.83. The van der Waals surface area contributed by atoms with Crippen LogP contribution in [0.1, 0.15) is 81.5 Å². The normalized spacial score (nSPS) is 12.9. The highest BCUT2D eigenvalue weighted by molar-refractivity contribution is 7.90. The topological polar surface area (TPSA) is 46.5 Å². The van der Waals surface area contributed by atoms with Crippen molar-refractivity contribution in [3.05, 3.63) is 82.9 Å². The van der Waals surface area contributed by atoms with Crippen LogP contribution in [0.3, 0.4) is 0 Å². The number of sulfonamides is 1. The highest BCUT2D eigenvalue weighted by Gasteiger charge is 2.26. The number of benzene rings is 3. The fraction of sp³-hybridized carbons (Fsp3) is 0.321. The van der Waals surface area contributed by atoms with Crippen LogP contribution in [0, 0.1) is 0 Å². The smallest absolute Gasteiger partial charge is 0.199 e. The summed E-state index contributed by atoms with van der Waals surface area (Å²) in [6.07, 6.45) is 4.95. The molecular formula is C28H33NO2S. The van der Waals surface area contributed by atoms with Crippen molar-refractivity contribution >= 4 is 33.1 Å². The first-order valence-electron chi connectivity index (χ1n) is 11.2. The molecule has 3 aromatic carbocycles. The molecule has 0 aromatic heterocycles. The van der Waals surface area contributed by atoms with Gasteiger partial charge in [-0.3, -0.25) is 0 Å². The molecule has 32 heavy (non-hydrogen) atoms. The van der Waals surface area contributed by atoms with E-state index in [2.05, 4.69) is 42.5 Å². The third-order valence-electron chi connectivity index (χ3n) is 5.69. The van der Waals surface area contributed by atoms with Gasteiger partial charge in [-0.15, -0.1) is 0 Å². The minimum absolute atomic E-state index is 0.0827. The third kappa shape index (κ3) is 5.36. The summed E-state index contributed by atoms with van der Waals surface area (Å²) in [5.41, 5.74) is 3.85. The number of rotatable bonds is 7. The van der Waals surface area contributed by atoms with Crippen molar-refractivity contribution in [1.29, 1.82) is 0 Å². The lowest BCUT2D eigenvalue weighted by molar-refractivity contribution is 0.592. The first-order valence-corrected chi connectivity index (χ1v) is 12.7. The molecule has 0 heterocycles. The molecule has 3 aromatic rings. The second-order valence-electron chi connectivity index (χ2n) is 9.19. The number of hydrogen-bond acceptors (Lipinski definition) is 2. The Bertz CT molecular complexity index is 1240. The van der Waals surface area contributed by atoms with Crippen molar-refractivity contribution in [2.24, 2.45) is 4.40 Å². The number of allylic oxidation sites excluding steroid dienone is 1. The lowest BCUT2D eigenvalue weighted by atomic mass is 9.89. The molecule has 0 aliphatic carbocycles. The summed E-state index contributed by atoms with van der Waals surface area (Å²) in [5, 5.41) is 2.32. The van der Waals surface area contributed by atoms with Gasteiger partial charge in [0.2, 0.25) is 0 Å². The van der Waals surface area contributed by atoms with Crippen LogP contribution in [-0.2, 0) is 10.0 Å². The van der Waals surface area contributed by atoms with Crippen molar-refractivity contribution < 1.29 is 8.42 Å². The maximum atomic E-state index is 13.3. The zero-order valence-electron chi connectivity index (χ0n) is 19.8. The van der Waals surface area contributed by atoms with E-state index in [9.17, 15) is 8.42 Å². The van der Waals surface area contributed by atoms with E-state index < -0.39 is 10.0 Å². The fourth-order valence-electron chi connectivity index (χ4n) is 3.82. The van der Waals surface area contributed by atoms with Gasteiger partial charge < -0.3 is 0 Å². The van der Waals surface area contributed by atoms with Gasteiger partial charge >= 0.3 is 0 Å². The minimum atomic E-state index is -3.82. The summed E-state index contributed by atoms with van der Waals surface area (Å²) < 4.78 is 30.7. The largest absolute Gasteiger partial charge is 0.282 e. The Morgan fingerprint density at radius 1 is 0.750 bits per heavy atom. The van der Waals surface area contributed by atoms with Gasteiger partial charge in [-0.1, -0.05) is 96.1 Å². The summed E-state index contributed by atoms with van der Waals surface area (Å²) in [4.78, 5) is 0.363. The van der Waals surface area contributed by atoms with Crippen molar-refractivity contribution in [1.82, 2.24) is 0 Å². The Balaban J connectivity index is 1.97. The fourth-order valence-corrected chi connectivity index (χ4v) is 5.34. The van der Waals surface area contributed by atoms with Crippen molar-refractivity contribution in [2.75, 3.05) is 0 Å². The van der Waals surface area contributed by atoms with E-state index in [1.165, 1.54) is 11.6 Å². The Labute approximate surface area is 193 Å². The summed E-state index contributed by atoms with van der Waals surface area (Å²) in [6.45, 7) is 12.4. The van der Waals surface area contributed by atoms with Crippen LogP contribution in [0.2, 0.25) is 0 Å². The highest BCUT2D eigenvalue weighted by Crippen LogP contribution is 2.35. The Morgan fingerprint density at radius 2 is 1.34 bits per heavy atom. The molecular weight excluding hydrogens is 414 g/mol. The van der Waals surface area contributed by atoms with Crippen LogP contribution >= 0.6 is 0 Å². The molecule has 3 nitrogen and oxygen atoms in total. The number of hydrogen-bond donors (Lipinski definition) is 0. The molecule has 4 heteroatoms. The van der Waals surface area contributed by atoms with Crippen LogP contribution in [0.5, 0.6) is 0 Å². The van der Waals surface area contributed by atoms with Gasteiger partial charge in [0.25, 0.3) is 10.0 Å². The van der Waals surface area contributed by atoms with E-state index in [0.717, 1.165) is 27.6 Å². The lowest BCUT2D eigenvalue weighted by Crippen LogP contribution is -2.11. The van der Waals surface area contributed by atoms with E-state index in [4.69, 9.17) is 0 Å². The highest BCUT2D eigenvalue weighted by atomic mass is 32.2. The van der Waals surface area contributed by atoms with E-state index in [-0.39, 0.29) is 11.8 Å². The average molecular weight is 448 g/mol. The first-order chi connectivity index (χ1) is 15.1. The third-order valence-corrected chi connectivity index (χ3v) is 7.07. The molecule has 0 amide bonds. The van der Waals surface area contributed by atoms with Gasteiger partial charge in [0, 0.05) is 6.21 Å². The molecule has 0 N–H and O–H groups in total. The molecule has 0 unspecified atom stereocenters. The van der Waals surface area contributed by atoms with Gasteiger partial charge in [0.05, 0.1) is 4.90 Å². The van der Waals surface area contributed by atoms with E-state index in [1.54, 1.807) is 6.08 Å². The van der Waals surface area contributed by atoms with Gasteiger partial charge in [-0.2, -0.15) is 12.8 Å². The van der Waals surface area contributed by atoms with Crippen LogP contribution in [0.4, 0.5) is 0 Å². The first kappa shape index (κ1) is 23.9. The van der Waals surface area contributed by atoms with Gasteiger partial charge in [-0.25, -0.2) is 0 Å². The summed E-state index contributed by atoms with van der Waals surface area (Å²) in [6, 6.07) is 18.4. The maximum absolute atomic E-state index is 13.3. The molecule has 0 saturated heterocycles. The quantitative estimate of drug-likeness (QED) is 0.349. The Hall–Kier alpha value is -2.72. The zero-order valence-corrected chi connectivity index (χ0v) is 20.6. The molecule has 168 valence electrons. The zero-order chi connectivity index (χ0) is 23.5. The molecule has 0 bridgehead atoms. The van der Waals surface area contributed by atoms with Gasteiger partial charge in [0.15, 0.2) is 0 Å². The van der Waals surface area contributed by atoms with Crippen LogP contribution in [0.15, 0.2) is 70.0 Å². The standard InChI is InChI=1S/C28H33NO2S/c1-19(2)25-17-26(20(3)4)28(27(18-25)21(5)6)32(30,31)29-15-9-10-22-13-14-23-11-7-8-12-24(23)16-22/h7-21H,1-6H3/b10-9+,29-15+. The number of nitrogens with zero attached hydrogens (tertiary/aromatic N) is 1. The Morgan fingerprint density at radius 3 is 1.91 bits per heavy atom. The van der Waals surface area contributed by atoms with Gasteiger partial charge in [-0.05, 0) is 62.9 Å². The Kier molecular flexibility index (Phi) is 7.35. The second-order valence-corrected chi connectivity index (χ2v) is 10.8. The van der Waals surface area contributed by atoms with E-state index >= 15 is 0 Å². The van der Waals surface area contributed by atoms with Gasteiger partial charge in [0.1, 0.15) is 0 Å². The minimum Gasteiger partial charge on any atom is -0.199 e. The maximum Gasteiger partial charge on any atom is 0.282 e. The summed E-state index contributed by atoms with van der Waals surface area (Å²) in [5.74, 6) is 0.494. The summed E-state index contributed by atoms with van der Waals surface area (Å²) in [7, 11) is -3.82. The summed E-state index contributed by atoms with van der Waals surface area (Å²) >= 11 is 0. The average Bonchev–Trinajstić information content (AvgIpc) is 2.75.